The van der Waals surface area contributed by atoms with Gasteiger partial charge < -0.3 is 11.1 Å². The van der Waals surface area contributed by atoms with Crippen LogP contribution in [-0.4, -0.2) is 22.4 Å². The second kappa shape index (κ2) is 7.51. The van der Waals surface area contributed by atoms with Crippen LogP contribution in [0.4, 0.5) is 5.13 Å². The minimum absolute atomic E-state index is 0.0437. The summed E-state index contributed by atoms with van der Waals surface area (Å²) < 4.78 is 0. The van der Waals surface area contributed by atoms with E-state index in [1.165, 1.54) is 11.3 Å². The van der Waals surface area contributed by atoms with Crippen LogP contribution in [0.25, 0.3) is 0 Å². The van der Waals surface area contributed by atoms with Gasteiger partial charge >= 0.3 is 0 Å². The number of aryl methyl sites for hydroxylation is 1. The topological polar surface area (TPSA) is 80.9 Å². The number of nitrogen functional groups attached to an aromatic ring is 1. The molecule has 2 heterocycles. The SMILES string of the molecule is CC(C)c1csc(CCNC(=O)CCc2csc(N)n2)n1. The minimum atomic E-state index is 0.0437. The van der Waals surface area contributed by atoms with Crippen molar-refractivity contribution < 1.29 is 4.79 Å². The fourth-order valence-electron chi connectivity index (χ4n) is 1.78. The molecule has 0 aliphatic carbocycles. The summed E-state index contributed by atoms with van der Waals surface area (Å²) in [6.45, 7) is 4.89. The van der Waals surface area contributed by atoms with Gasteiger partial charge in [0.15, 0.2) is 5.13 Å². The van der Waals surface area contributed by atoms with E-state index in [1.54, 1.807) is 11.3 Å². The summed E-state index contributed by atoms with van der Waals surface area (Å²) in [4.78, 5) is 20.4. The fourth-order valence-corrected chi connectivity index (χ4v) is 3.34. The maximum absolute atomic E-state index is 11.7. The average Bonchev–Trinajstić information content (AvgIpc) is 3.05. The van der Waals surface area contributed by atoms with E-state index in [0.29, 0.717) is 30.4 Å². The highest BCUT2D eigenvalue weighted by atomic mass is 32.1. The standard InChI is InChI=1S/C14H20N4OS2/c1-9(2)11-8-20-13(18-11)5-6-16-12(19)4-3-10-7-21-14(15)17-10/h7-9H,3-6H2,1-2H3,(H2,15,17)(H,16,19). The molecule has 2 rings (SSSR count). The van der Waals surface area contributed by atoms with E-state index in [0.717, 1.165) is 22.8 Å². The number of nitrogens with one attached hydrogen (secondary N) is 1. The Morgan fingerprint density at radius 3 is 2.71 bits per heavy atom. The molecule has 2 aromatic heterocycles. The molecule has 0 unspecified atom stereocenters. The summed E-state index contributed by atoms with van der Waals surface area (Å²) in [5.41, 5.74) is 7.56. The van der Waals surface area contributed by atoms with E-state index in [9.17, 15) is 4.79 Å². The van der Waals surface area contributed by atoms with Crippen LogP contribution < -0.4 is 11.1 Å². The molecule has 0 aliphatic rings. The van der Waals surface area contributed by atoms with E-state index in [2.05, 4.69) is 34.5 Å². The molecule has 21 heavy (non-hydrogen) atoms. The highest BCUT2D eigenvalue weighted by molar-refractivity contribution is 7.13. The van der Waals surface area contributed by atoms with Crippen molar-refractivity contribution in [2.75, 3.05) is 12.3 Å². The summed E-state index contributed by atoms with van der Waals surface area (Å²) in [6, 6.07) is 0. The molecule has 0 aliphatic heterocycles. The van der Waals surface area contributed by atoms with Gasteiger partial charge in [-0.25, -0.2) is 9.97 Å². The van der Waals surface area contributed by atoms with Crippen LogP contribution in [0, 0.1) is 0 Å². The molecule has 0 aromatic carbocycles. The molecule has 3 N–H and O–H groups in total. The number of carbonyl (C=O) groups excluding carboxylic acids is 1. The lowest BCUT2D eigenvalue weighted by Crippen LogP contribution is -2.25. The number of thiazole rings is 2. The number of carbonyl (C=O) groups is 1. The van der Waals surface area contributed by atoms with Crippen LogP contribution >= 0.6 is 22.7 Å². The van der Waals surface area contributed by atoms with E-state index in [4.69, 9.17) is 5.73 Å². The summed E-state index contributed by atoms with van der Waals surface area (Å²) in [6.07, 6.45) is 1.86. The molecule has 1 amide bonds. The molecule has 0 radical (unpaired) electrons. The van der Waals surface area contributed by atoms with Crippen LogP contribution in [0.3, 0.4) is 0 Å². The number of hydrogen-bond acceptors (Lipinski definition) is 6. The molecule has 0 fully saturated rings. The molecule has 0 bridgehead atoms. The molecule has 0 spiro atoms. The first kappa shape index (κ1) is 15.9. The number of amides is 1. The predicted molar refractivity (Wildman–Crippen MR) is 87.8 cm³/mol. The summed E-state index contributed by atoms with van der Waals surface area (Å²) in [7, 11) is 0. The number of anilines is 1. The molecule has 0 saturated carbocycles. The van der Waals surface area contributed by atoms with Crippen molar-refractivity contribution in [3.05, 3.63) is 27.2 Å². The lowest BCUT2D eigenvalue weighted by atomic mass is 10.2. The van der Waals surface area contributed by atoms with E-state index in [-0.39, 0.29) is 5.91 Å². The van der Waals surface area contributed by atoms with Crippen LogP contribution in [0.1, 0.15) is 42.6 Å². The normalized spacial score (nSPS) is 11.0. The first-order valence-corrected chi connectivity index (χ1v) is 8.71. The third-order valence-electron chi connectivity index (χ3n) is 3.00. The van der Waals surface area contributed by atoms with Gasteiger partial charge in [-0.05, 0) is 12.3 Å². The number of rotatable bonds is 7. The van der Waals surface area contributed by atoms with Gasteiger partial charge in [0.25, 0.3) is 0 Å². The Kier molecular flexibility index (Phi) is 5.69. The van der Waals surface area contributed by atoms with Gasteiger partial charge in [0.1, 0.15) is 0 Å². The largest absolute Gasteiger partial charge is 0.375 e. The second-order valence-corrected chi connectivity index (χ2v) is 6.93. The molecule has 114 valence electrons. The van der Waals surface area contributed by atoms with E-state index >= 15 is 0 Å². The zero-order valence-electron chi connectivity index (χ0n) is 12.3. The van der Waals surface area contributed by atoms with Crippen LogP contribution in [0.5, 0.6) is 0 Å². The maximum atomic E-state index is 11.7. The van der Waals surface area contributed by atoms with Crippen LogP contribution in [-0.2, 0) is 17.6 Å². The van der Waals surface area contributed by atoms with Gasteiger partial charge in [0, 0.05) is 30.1 Å². The van der Waals surface area contributed by atoms with Gasteiger partial charge in [-0.3, -0.25) is 4.79 Å². The highest BCUT2D eigenvalue weighted by Gasteiger charge is 2.07. The van der Waals surface area contributed by atoms with Crippen molar-refractivity contribution in [1.29, 1.82) is 0 Å². The molecule has 0 atom stereocenters. The van der Waals surface area contributed by atoms with Gasteiger partial charge in [-0.2, -0.15) is 0 Å². The predicted octanol–water partition coefficient (Wildman–Crippen LogP) is 2.60. The zero-order chi connectivity index (χ0) is 15.2. The number of nitrogens with zero attached hydrogens (tertiary/aromatic N) is 2. The first-order valence-electron chi connectivity index (χ1n) is 6.95. The molecular weight excluding hydrogens is 304 g/mol. The second-order valence-electron chi connectivity index (χ2n) is 5.10. The molecule has 0 saturated heterocycles. The zero-order valence-corrected chi connectivity index (χ0v) is 13.9. The van der Waals surface area contributed by atoms with Gasteiger partial charge in [-0.1, -0.05) is 13.8 Å². The van der Waals surface area contributed by atoms with Gasteiger partial charge in [0.05, 0.1) is 16.4 Å². The monoisotopic (exact) mass is 324 g/mol. The Morgan fingerprint density at radius 1 is 1.29 bits per heavy atom. The Morgan fingerprint density at radius 2 is 2.10 bits per heavy atom. The smallest absolute Gasteiger partial charge is 0.220 e. The average molecular weight is 324 g/mol. The summed E-state index contributed by atoms with van der Waals surface area (Å²) >= 11 is 3.06. The fraction of sp³-hybridized carbons (Fsp3) is 0.500. The third-order valence-corrected chi connectivity index (χ3v) is 4.65. The Labute approximate surface area is 132 Å². The molecular formula is C14H20N4OS2. The van der Waals surface area contributed by atoms with Gasteiger partial charge in [0.2, 0.25) is 5.91 Å². The van der Waals surface area contributed by atoms with Crippen LogP contribution in [0.15, 0.2) is 10.8 Å². The van der Waals surface area contributed by atoms with E-state index in [1.807, 2.05) is 5.38 Å². The summed E-state index contributed by atoms with van der Waals surface area (Å²) in [5.74, 6) is 0.498. The number of hydrogen-bond donors (Lipinski definition) is 2. The quantitative estimate of drug-likeness (QED) is 0.820. The summed E-state index contributed by atoms with van der Waals surface area (Å²) in [5, 5.41) is 8.53. The van der Waals surface area contributed by atoms with Crippen LogP contribution in [0.2, 0.25) is 0 Å². The van der Waals surface area contributed by atoms with Crippen molar-refractivity contribution in [2.24, 2.45) is 0 Å². The first-order chi connectivity index (χ1) is 10.0. The molecule has 7 heteroatoms. The lowest BCUT2D eigenvalue weighted by Gasteiger charge is -2.03. The van der Waals surface area contributed by atoms with Crippen molar-refractivity contribution in [1.82, 2.24) is 15.3 Å². The Hall–Kier alpha value is -1.47. The van der Waals surface area contributed by atoms with Crippen molar-refractivity contribution in [2.45, 2.75) is 39.0 Å². The van der Waals surface area contributed by atoms with Gasteiger partial charge in [-0.15, -0.1) is 22.7 Å². The highest BCUT2D eigenvalue weighted by Crippen LogP contribution is 2.17. The Bertz CT molecular complexity index is 591. The number of nitrogens with two attached hydrogens (primary N) is 1. The third kappa shape index (κ3) is 5.09. The lowest BCUT2D eigenvalue weighted by molar-refractivity contribution is -0.121. The van der Waals surface area contributed by atoms with Crippen molar-refractivity contribution in [3.63, 3.8) is 0 Å². The Balaban J connectivity index is 1.66. The minimum Gasteiger partial charge on any atom is -0.375 e. The number of aromatic nitrogens is 2. The molecule has 5 nitrogen and oxygen atoms in total. The van der Waals surface area contributed by atoms with Crippen molar-refractivity contribution in [3.8, 4) is 0 Å². The van der Waals surface area contributed by atoms with Crippen molar-refractivity contribution >= 4 is 33.7 Å². The van der Waals surface area contributed by atoms with E-state index < -0.39 is 0 Å². The maximum Gasteiger partial charge on any atom is 0.220 e. The molecule has 2 aromatic rings.